The van der Waals surface area contributed by atoms with Gasteiger partial charge in [-0.2, -0.15) is 0 Å². The van der Waals surface area contributed by atoms with Crippen LogP contribution in [0.5, 0.6) is 11.5 Å². The van der Waals surface area contributed by atoms with Gasteiger partial charge in [-0.25, -0.2) is 0 Å². The van der Waals surface area contributed by atoms with Crippen molar-refractivity contribution in [2.75, 3.05) is 34.4 Å². The number of benzene rings is 1. The summed E-state index contributed by atoms with van der Waals surface area (Å²) in [6, 6.07) is 5.64. The van der Waals surface area contributed by atoms with Gasteiger partial charge in [-0.1, -0.05) is 0 Å². The topological polar surface area (TPSA) is 50.8 Å². The summed E-state index contributed by atoms with van der Waals surface area (Å²) in [6.45, 7) is 1.87. The molecule has 0 aromatic heterocycles. The predicted octanol–water partition coefficient (Wildman–Crippen LogP) is 2.08. The Kier molecular flexibility index (Phi) is 7.48. The third kappa shape index (κ3) is 5.39. The normalized spacial score (nSPS) is 13.2. The van der Waals surface area contributed by atoms with E-state index in [9.17, 15) is 4.79 Å². The van der Waals surface area contributed by atoms with Gasteiger partial charge in [0.15, 0.2) is 0 Å². The molecule has 1 aliphatic rings. The Labute approximate surface area is 138 Å². The number of ether oxygens (including phenoxy) is 2. The minimum atomic E-state index is 0. The Morgan fingerprint density at radius 3 is 2.64 bits per heavy atom. The molecule has 1 aromatic rings. The van der Waals surface area contributed by atoms with Crippen LogP contribution >= 0.6 is 12.4 Å². The summed E-state index contributed by atoms with van der Waals surface area (Å²) in [7, 11) is 5.05. The van der Waals surface area contributed by atoms with E-state index in [1.54, 1.807) is 19.1 Å². The average Bonchev–Trinajstić information content (AvgIpc) is 3.31. The van der Waals surface area contributed by atoms with Gasteiger partial charge in [0.05, 0.1) is 20.8 Å². The standard InChI is InChI=1S/C16H24N2O3.ClH/c1-18(16(19)10-17-9-12-4-5-12)11-13-6-7-14(20-2)8-15(13)21-3;/h6-8,12,17H,4-5,9-11H2,1-3H3;1H. The maximum absolute atomic E-state index is 12.1. The number of nitrogens with one attached hydrogen (secondary N) is 1. The monoisotopic (exact) mass is 328 g/mol. The molecular formula is C16H25ClN2O3. The molecule has 0 radical (unpaired) electrons. The summed E-state index contributed by atoms with van der Waals surface area (Å²) < 4.78 is 10.5. The van der Waals surface area contributed by atoms with Gasteiger partial charge >= 0.3 is 0 Å². The van der Waals surface area contributed by atoms with Crippen molar-refractivity contribution in [3.63, 3.8) is 0 Å². The molecule has 1 aliphatic carbocycles. The first-order chi connectivity index (χ1) is 10.1. The van der Waals surface area contributed by atoms with E-state index in [1.807, 2.05) is 25.2 Å². The van der Waals surface area contributed by atoms with Gasteiger partial charge in [-0.3, -0.25) is 4.79 Å². The second kappa shape index (κ2) is 8.86. The summed E-state index contributed by atoms with van der Waals surface area (Å²) in [4.78, 5) is 13.8. The first-order valence-corrected chi connectivity index (χ1v) is 7.29. The lowest BCUT2D eigenvalue weighted by Gasteiger charge is -2.19. The zero-order valence-corrected chi connectivity index (χ0v) is 14.2. The van der Waals surface area contributed by atoms with Crippen LogP contribution < -0.4 is 14.8 Å². The zero-order chi connectivity index (χ0) is 15.2. The maximum atomic E-state index is 12.1. The molecule has 0 spiro atoms. The number of hydrogen-bond acceptors (Lipinski definition) is 4. The van der Waals surface area contributed by atoms with Gasteiger partial charge in [0.1, 0.15) is 11.5 Å². The lowest BCUT2D eigenvalue weighted by atomic mass is 10.1. The molecule has 0 atom stereocenters. The van der Waals surface area contributed by atoms with E-state index in [1.165, 1.54) is 12.8 Å². The smallest absolute Gasteiger partial charge is 0.236 e. The molecule has 22 heavy (non-hydrogen) atoms. The highest BCUT2D eigenvalue weighted by Crippen LogP contribution is 2.27. The van der Waals surface area contributed by atoms with Crippen LogP contribution in [0.3, 0.4) is 0 Å². The Balaban J connectivity index is 0.00000242. The van der Waals surface area contributed by atoms with Crippen molar-refractivity contribution in [2.24, 2.45) is 5.92 Å². The molecule has 1 aromatic carbocycles. The number of likely N-dealkylation sites (N-methyl/N-ethyl adjacent to an activating group) is 1. The lowest BCUT2D eigenvalue weighted by molar-refractivity contribution is -0.129. The summed E-state index contributed by atoms with van der Waals surface area (Å²) in [6.07, 6.45) is 2.58. The maximum Gasteiger partial charge on any atom is 0.236 e. The van der Waals surface area contributed by atoms with Crippen LogP contribution in [0.2, 0.25) is 0 Å². The van der Waals surface area contributed by atoms with E-state index < -0.39 is 0 Å². The fourth-order valence-corrected chi connectivity index (χ4v) is 2.17. The summed E-state index contributed by atoms with van der Waals surface area (Å²) in [5, 5.41) is 3.22. The Hall–Kier alpha value is -1.46. The molecule has 0 aliphatic heterocycles. The molecule has 0 bridgehead atoms. The number of hydrogen-bond donors (Lipinski definition) is 1. The molecule has 0 saturated heterocycles. The molecule has 1 amide bonds. The highest BCUT2D eigenvalue weighted by atomic mass is 35.5. The van der Waals surface area contributed by atoms with E-state index in [-0.39, 0.29) is 18.3 Å². The summed E-state index contributed by atoms with van der Waals surface area (Å²) in [5.41, 5.74) is 0.969. The third-order valence-electron chi connectivity index (χ3n) is 3.73. The van der Waals surface area contributed by atoms with Crippen molar-refractivity contribution >= 4 is 18.3 Å². The Bertz CT molecular complexity index is 492. The Morgan fingerprint density at radius 1 is 1.32 bits per heavy atom. The van der Waals surface area contributed by atoms with Crippen LogP contribution in [0, 0.1) is 5.92 Å². The molecule has 1 saturated carbocycles. The number of rotatable bonds is 8. The Morgan fingerprint density at radius 2 is 2.05 bits per heavy atom. The van der Waals surface area contributed by atoms with E-state index in [4.69, 9.17) is 9.47 Å². The van der Waals surface area contributed by atoms with Crippen molar-refractivity contribution in [3.05, 3.63) is 23.8 Å². The molecule has 6 heteroatoms. The average molecular weight is 329 g/mol. The molecule has 1 fully saturated rings. The van der Waals surface area contributed by atoms with Gasteiger partial charge in [0, 0.05) is 25.2 Å². The number of nitrogens with zero attached hydrogens (tertiary/aromatic N) is 1. The third-order valence-corrected chi connectivity index (χ3v) is 3.73. The molecule has 5 nitrogen and oxygen atoms in total. The van der Waals surface area contributed by atoms with E-state index in [2.05, 4.69) is 5.32 Å². The van der Waals surface area contributed by atoms with Crippen LogP contribution in [0.25, 0.3) is 0 Å². The highest BCUT2D eigenvalue weighted by molar-refractivity contribution is 5.85. The first kappa shape index (κ1) is 18.6. The van der Waals surface area contributed by atoms with Gasteiger partial charge < -0.3 is 19.7 Å². The van der Waals surface area contributed by atoms with Crippen LogP contribution in [0.4, 0.5) is 0 Å². The number of amides is 1. The molecule has 0 heterocycles. The van der Waals surface area contributed by atoms with Crippen LogP contribution in [0.15, 0.2) is 18.2 Å². The molecule has 2 rings (SSSR count). The number of methoxy groups -OCH3 is 2. The van der Waals surface area contributed by atoms with Crippen LogP contribution in [-0.4, -0.2) is 45.2 Å². The second-order valence-electron chi connectivity index (χ2n) is 5.50. The van der Waals surface area contributed by atoms with Gasteiger partial charge in [-0.05, 0) is 37.4 Å². The van der Waals surface area contributed by atoms with E-state index in [0.717, 1.165) is 29.5 Å². The van der Waals surface area contributed by atoms with Crippen molar-refractivity contribution in [1.29, 1.82) is 0 Å². The molecule has 1 N–H and O–H groups in total. The van der Waals surface area contributed by atoms with Gasteiger partial charge in [0.25, 0.3) is 0 Å². The van der Waals surface area contributed by atoms with Gasteiger partial charge in [0.2, 0.25) is 5.91 Å². The number of carbonyl (C=O) groups excluding carboxylic acids is 1. The highest BCUT2D eigenvalue weighted by Gasteiger charge is 2.21. The van der Waals surface area contributed by atoms with E-state index >= 15 is 0 Å². The van der Waals surface area contributed by atoms with Crippen molar-refractivity contribution in [3.8, 4) is 11.5 Å². The van der Waals surface area contributed by atoms with Crippen LogP contribution in [-0.2, 0) is 11.3 Å². The SMILES string of the molecule is COc1ccc(CN(C)C(=O)CNCC2CC2)c(OC)c1.Cl. The largest absolute Gasteiger partial charge is 0.497 e. The fraction of sp³-hybridized carbons (Fsp3) is 0.562. The first-order valence-electron chi connectivity index (χ1n) is 7.29. The number of carbonyl (C=O) groups is 1. The minimum Gasteiger partial charge on any atom is -0.497 e. The fourth-order valence-electron chi connectivity index (χ4n) is 2.17. The van der Waals surface area contributed by atoms with E-state index in [0.29, 0.717) is 13.1 Å². The number of halogens is 1. The quantitative estimate of drug-likeness (QED) is 0.794. The van der Waals surface area contributed by atoms with Crippen molar-refractivity contribution < 1.29 is 14.3 Å². The molecular weight excluding hydrogens is 304 g/mol. The van der Waals surface area contributed by atoms with Gasteiger partial charge in [-0.15, -0.1) is 12.4 Å². The molecule has 0 unspecified atom stereocenters. The summed E-state index contributed by atoms with van der Waals surface area (Å²) in [5.74, 6) is 2.36. The summed E-state index contributed by atoms with van der Waals surface area (Å²) >= 11 is 0. The zero-order valence-electron chi connectivity index (χ0n) is 13.4. The van der Waals surface area contributed by atoms with Crippen molar-refractivity contribution in [1.82, 2.24) is 10.2 Å². The van der Waals surface area contributed by atoms with Crippen molar-refractivity contribution in [2.45, 2.75) is 19.4 Å². The predicted molar refractivity (Wildman–Crippen MR) is 88.9 cm³/mol. The lowest BCUT2D eigenvalue weighted by Crippen LogP contribution is -2.35. The molecule has 124 valence electrons. The minimum absolute atomic E-state index is 0. The second-order valence-corrected chi connectivity index (χ2v) is 5.50. The van der Waals surface area contributed by atoms with Crippen LogP contribution in [0.1, 0.15) is 18.4 Å².